The molecule has 1 heterocycles. The summed E-state index contributed by atoms with van der Waals surface area (Å²) in [6.45, 7) is 3.74. The number of benzene rings is 3. The summed E-state index contributed by atoms with van der Waals surface area (Å²) in [6.07, 6.45) is 0. The smallest absolute Gasteiger partial charge is 0.227 e. The number of anilines is 1. The van der Waals surface area contributed by atoms with Gasteiger partial charge in [0.25, 0.3) is 0 Å². The van der Waals surface area contributed by atoms with Crippen molar-refractivity contribution in [2.24, 2.45) is 5.92 Å². The van der Waals surface area contributed by atoms with Crippen LogP contribution >= 0.6 is 11.6 Å². The van der Waals surface area contributed by atoms with Crippen molar-refractivity contribution in [2.45, 2.75) is 13.8 Å². The van der Waals surface area contributed by atoms with Crippen molar-refractivity contribution >= 4 is 34.3 Å². The molecule has 5 heteroatoms. The molecular formula is C23H19ClN2O2. The highest BCUT2D eigenvalue weighted by atomic mass is 35.5. The summed E-state index contributed by atoms with van der Waals surface area (Å²) in [4.78, 5) is 16.3. The molecule has 0 aliphatic carbocycles. The molecule has 140 valence electrons. The number of carbonyl (C=O) groups excluding carboxylic acids is 1. The quantitative estimate of drug-likeness (QED) is 0.438. The molecular weight excluding hydrogens is 372 g/mol. The lowest BCUT2D eigenvalue weighted by molar-refractivity contribution is -0.118. The molecule has 0 unspecified atom stereocenters. The second-order valence-electron chi connectivity index (χ2n) is 6.93. The zero-order valence-electron chi connectivity index (χ0n) is 15.6. The van der Waals surface area contributed by atoms with Crippen LogP contribution in [0.3, 0.4) is 0 Å². The number of halogens is 1. The van der Waals surface area contributed by atoms with Crippen LogP contribution in [0.25, 0.3) is 33.7 Å². The fourth-order valence-corrected chi connectivity index (χ4v) is 3.02. The maximum absolute atomic E-state index is 11.8. The van der Waals surface area contributed by atoms with E-state index in [1.807, 2.05) is 68.4 Å². The number of hydrogen-bond acceptors (Lipinski definition) is 3. The number of hydrogen-bond donors (Lipinski definition) is 1. The Balaban J connectivity index is 1.54. The predicted octanol–water partition coefficient (Wildman–Crippen LogP) is 6.41. The highest BCUT2D eigenvalue weighted by molar-refractivity contribution is 6.31. The van der Waals surface area contributed by atoms with Crippen molar-refractivity contribution < 1.29 is 9.21 Å². The number of rotatable bonds is 4. The van der Waals surface area contributed by atoms with E-state index in [4.69, 9.17) is 16.0 Å². The molecule has 1 aromatic heterocycles. The van der Waals surface area contributed by atoms with Crippen LogP contribution in [-0.2, 0) is 4.79 Å². The van der Waals surface area contributed by atoms with Crippen LogP contribution in [0.4, 0.5) is 5.69 Å². The summed E-state index contributed by atoms with van der Waals surface area (Å²) in [6, 6.07) is 21.2. The van der Waals surface area contributed by atoms with Gasteiger partial charge in [-0.2, -0.15) is 0 Å². The van der Waals surface area contributed by atoms with Crippen molar-refractivity contribution in [3.05, 3.63) is 71.8 Å². The standard InChI is InChI=1S/C23H19ClN2O2/c1-14(2)22(27)25-19-10-7-16(8-11-19)15-3-5-17(6-4-15)23-26-20-12-9-18(24)13-21(20)28-23/h3-14H,1-2H3,(H,25,27). The average molecular weight is 391 g/mol. The first kappa shape index (κ1) is 18.3. The van der Waals surface area contributed by atoms with Crippen LogP contribution in [-0.4, -0.2) is 10.9 Å². The zero-order valence-corrected chi connectivity index (χ0v) is 16.3. The fraction of sp³-hybridized carbons (Fsp3) is 0.130. The molecule has 4 nitrogen and oxygen atoms in total. The molecule has 0 aliphatic heterocycles. The van der Waals surface area contributed by atoms with Gasteiger partial charge in [-0.3, -0.25) is 4.79 Å². The van der Waals surface area contributed by atoms with Crippen LogP contribution in [0.2, 0.25) is 5.02 Å². The first-order chi connectivity index (χ1) is 13.5. The van der Waals surface area contributed by atoms with Gasteiger partial charge in [-0.25, -0.2) is 4.98 Å². The van der Waals surface area contributed by atoms with E-state index in [2.05, 4.69) is 10.3 Å². The van der Waals surface area contributed by atoms with E-state index in [-0.39, 0.29) is 11.8 Å². The monoisotopic (exact) mass is 390 g/mol. The first-order valence-corrected chi connectivity index (χ1v) is 9.45. The molecule has 0 saturated carbocycles. The SMILES string of the molecule is CC(C)C(=O)Nc1ccc(-c2ccc(-c3nc4ccc(Cl)cc4o3)cc2)cc1. The molecule has 0 atom stereocenters. The Labute approximate surface area is 168 Å². The third kappa shape index (κ3) is 3.78. The summed E-state index contributed by atoms with van der Waals surface area (Å²) in [7, 11) is 0. The number of carbonyl (C=O) groups is 1. The lowest BCUT2D eigenvalue weighted by Gasteiger charge is -2.09. The number of oxazole rings is 1. The van der Waals surface area contributed by atoms with Gasteiger partial charge in [0.15, 0.2) is 5.58 Å². The lowest BCUT2D eigenvalue weighted by Crippen LogP contribution is -2.17. The van der Waals surface area contributed by atoms with E-state index in [1.165, 1.54) is 0 Å². The number of amides is 1. The lowest BCUT2D eigenvalue weighted by atomic mass is 10.0. The van der Waals surface area contributed by atoms with Gasteiger partial charge in [0.1, 0.15) is 5.52 Å². The second-order valence-corrected chi connectivity index (χ2v) is 7.37. The maximum atomic E-state index is 11.8. The summed E-state index contributed by atoms with van der Waals surface area (Å²) >= 11 is 6.01. The third-order valence-corrected chi connectivity index (χ3v) is 4.73. The van der Waals surface area contributed by atoms with Crippen molar-refractivity contribution in [3.63, 3.8) is 0 Å². The van der Waals surface area contributed by atoms with E-state index >= 15 is 0 Å². The number of nitrogens with one attached hydrogen (secondary N) is 1. The molecule has 0 aliphatic rings. The zero-order chi connectivity index (χ0) is 19.7. The van der Waals surface area contributed by atoms with Gasteiger partial charge in [-0.05, 0) is 47.5 Å². The van der Waals surface area contributed by atoms with E-state index in [0.29, 0.717) is 16.5 Å². The highest BCUT2D eigenvalue weighted by Crippen LogP contribution is 2.29. The Hall–Kier alpha value is -3.11. The minimum absolute atomic E-state index is 0.0109. The Kier molecular flexibility index (Phi) is 4.88. The van der Waals surface area contributed by atoms with Gasteiger partial charge >= 0.3 is 0 Å². The molecule has 1 amide bonds. The molecule has 28 heavy (non-hydrogen) atoms. The largest absolute Gasteiger partial charge is 0.436 e. The topological polar surface area (TPSA) is 55.1 Å². The molecule has 1 N–H and O–H groups in total. The van der Waals surface area contributed by atoms with Crippen LogP contribution in [0.5, 0.6) is 0 Å². The Morgan fingerprint density at radius 3 is 2.18 bits per heavy atom. The first-order valence-electron chi connectivity index (χ1n) is 9.07. The van der Waals surface area contributed by atoms with E-state index in [0.717, 1.165) is 27.9 Å². The molecule has 0 saturated heterocycles. The van der Waals surface area contributed by atoms with Crippen molar-refractivity contribution in [3.8, 4) is 22.6 Å². The van der Waals surface area contributed by atoms with Crippen LogP contribution in [0.1, 0.15) is 13.8 Å². The number of nitrogens with zero attached hydrogens (tertiary/aromatic N) is 1. The number of fused-ring (bicyclic) bond motifs is 1. The van der Waals surface area contributed by atoms with Crippen LogP contribution in [0.15, 0.2) is 71.1 Å². The van der Waals surface area contributed by atoms with Crippen molar-refractivity contribution in [2.75, 3.05) is 5.32 Å². The second kappa shape index (κ2) is 7.49. The average Bonchev–Trinajstić information content (AvgIpc) is 3.12. The molecule has 0 fully saturated rings. The summed E-state index contributed by atoms with van der Waals surface area (Å²) < 4.78 is 5.82. The van der Waals surface area contributed by atoms with Crippen LogP contribution in [0, 0.1) is 5.92 Å². The maximum Gasteiger partial charge on any atom is 0.227 e. The fourth-order valence-electron chi connectivity index (χ4n) is 2.86. The van der Waals surface area contributed by atoms with E-state index in [9.17, 15) is 4.79 Å². The number of aromatic nitrogens is 1. The van der Waals surface area contributed by atoms with Gasteiger partial charge in [0.2, 0.25) is 11.8 Å². The molecule has 0 radical (unpaired) electrons. The Morgan fingerprint density at radius 1 is 0.929 bits per heavy atom. The molecule has 0 bridgehead atoms. The molecule has 3 aromatic carbocycles. The normalized spacial score (nSPS) is 11.1. The summed E-state index contributed by atoms with van der Waals surface area (Å²) in [5.41, 5.74) is 5.29. The Morgan fingerprint density at radius 2 is 1.54 bits per heavy atom. The molecule has 4 aromatic rings. The van der Waals surface area contributed by atoms with Gasteiger partial charge < -0.3 is 9.73 Å². The summed E-state index contributed by atoms with van der Waals surface area (Å²) in [5.74, 6) is 0.530. The van der Waals surface area contributed by atoms with Gasteiger partial charge in [0, 0.05) is 28.3 Å². The van der Waals surface area contributed by atoms with Gasteiger partial charge in [-0.15, -0.1) is 0 Å². The Bertz CT molecular complexity index is 1130. The van der Waals surface area contributed by atoms with E-state index in [1.54, 1.807) is 12.1 Å². The minimum Gasteiger partial charge on any atom is -0.436 e. The van der Waals surface area contributed by atoms with Crippen molar-refractivity contribution in [1.29, 1.82) is 0 Å². The highest BCUT2D eigenvalue weighted by Gasteiger charge is 2.10. The van der Waals surface area contributed by atoms with Gasteiger partial charge in [-0.1, -0.05) is 49.7 Å². The van der Waals surface area contributed by atoms with Crippen LogP contribution < -0.4 is 5.32 Å². The van der Waals surface area contributed by atoms with Crippen molar-refractivity contribution in [1.82, 2.24) is 4.98 Å². The summed E-state index contributed by atoms with van der Waals surface area (Å²) in [5, 5.41) is 3.52. The molecule has 0 spiro atoms. The third-order valence-electron chi connectivity index (χ3n) is 4.49. The van der Waals surface area contributed by atoms with Gasteiger partial charge in [0.05, 0.1) is 0 Å². The molecule has 4 rings (SSSR count). The van der Waals surface area contributed by atoms with E-state index < -0.39 is 0 Å². The predicted molar refractivity (Wildman–Crippen MR) is 113 cm³/mol. The minimum atomic E-state index is -0.0462.